The lowest BCUT2D eigenvalue weighted by molar-refractivity contribution is -0.128. The number of anilines is 2. The van der Waals surface area contributed by atoms with Gasteiger partial charge < -0.3 is 15.5 Å². The maximum atomic E-state index is 12.1. The molecule has 0 aliphatic carbocycles. The summed E-state index contributed by atoms with van der Waals surface area (Å²) >= 11 is 6.06. The maximum absolute atomic E-state index is 12.1. The minimum absolute atomic E-state index is 0.111. The summed E-state index contributed by atoms with van der Waals surface area (Å²) in [5.74, 6) is -0.0313. The smallest absolute Gasteiger partial charge is 0.243 e. The minimum atomic E-state index is -0.143. The molecule has 0 aliphatic heterocycles. The van der Waals surface area contributed by atoms with Gasteiger partial charge in [0.15, 0.2) is 0 Å². The zero-order valence-corrected chi connectivity index (χ0v) is 16.1. The molecule has 5 nitrogen and oxygen atoms in total. The summed E-state index contributed by atoms with van der Waals surface area (Å²) in [5, 5.41) is 6.56. The second kappa shape index (κ2) is 9.25. The summed E-state index contributed by atoms with van der Waals surface area (Å²) in [6, 6.07) is 13.2. The van der Waals surface area contributed by atoms with Crippen LogP contribution in [0.4, 0.5) is 11.4 Å². The fourth-order valence-electron chi connectivity index (χ4n) is 2.38. The second-order valence-corrected chi connectivity index (χ2v) is 6.71. The Labute approximate surface area is 159 Å². The van der Waals surface area contributed by atoms with Crippen molar-refractivity contribution in [1.82, 2.24) is 4.90 Å². The number of benzene rings is 2. The van der Waals surface area contributed by atoms with Crippen molar-refractivity contribution in [2.24, 2.45) is 0 Å². The lowest BCUT2D eigenvalue weighted by Crippen LogP contribution is -2.22. The van der Waals surface area contributed by atoms with Crippen molar-refractivity contribution in [2.45, 2.75) is 19.8 Å². The van der Waals surface area contributed by atoms with Crippen molar-refractivity contribution in [3.05, 3.63) is 58.6 Å². The molecule has 2 aromatic rings. The second-order valence-electron chi connectivity index (χ2n) is 6.30. The van der Waals surface area contributed by atoms with E-state index >= 15 is 0 Å². The average molecular weight is 374 g/mol. The lowest BCUT2D eigenvalue weighted by Gasteiger charge is -2.12. The van der Waals surface area contributed by atoms with Gasteiger partial charge in [0.1, 0.15) is 0 Å². The van der Waals surface area contributed by atoms with Crippen LogP contribution in [0, 0.1) is 6.92 Å². The number of halogens is 1. The molecule has 6 heteroatoms. The molecule has 26 heavy (non-hydrogen) atoms. The van der Waals surface area contributed by atoms with Crippen molar-refractivity contribution in [3.8, 4) is 0 Å². The van der Waals surface area contributed by atoms with E-state index in [2.05, 4.69) is 10.6 Å². The van der Waals surface area contributed by atoms with Gasteiger partial charge in [-0.15, -0.1) is 0 Å². The Hall–Kier alpha value is -2.53. The fourth-order valence-corrected chi connectivity index (χ4v) is 2.56. The zero-order valence-electron chi connectivity index (χ0n) is 15.3. The number of hydrogen-bond donors (Lipinski definition) is 2. The van der Waals surface area contributed by atoms with Gasteiger partial charge in [0.25, 0.3) is 0 Å². The number of nitrogens with zero attached hydrogens (tertiary/aromatic N) is 1. The van der Waals surface area contributed by atoms with E-state index in [0.29, 0.717) is 23.6 Å². The lowest BCUT2D eigenvalue weighted by atomic mass is 10.1. The fraction of sp³-hybridized carbons (Fsp3) is 0.300. The number of amides is 2. The minimum Gasteiger partial charge on any atom is -0.376 e. The Morgan fingerprint density at radius 1 is 1.08 bits per heavy atom. The summed E-state index contributed by atoms with van der Waals surface area (Å²) < 4.78 is 0. The number of carbonyl (C=O) groups excluding carboxylic acids is 2. The number of carbonyl (C=O) groups is 2. The third kappa shape index (κ3) is 5.77. The Morgan fingerprint density at radius 2 is 1.77 bits per heavy atom. The van der Waals surface area contributed by atoms with Crippen LogP contribution in [0.25, 0.3) is 0 Å². The molecule has 2 N–H and O–H groups in total. The van der Waals surface area contributed by atoms with E-state index in [0.717, 1.165) is 16.8 Å². The van der Waals surface area contributed by atoms with Crippen LogP contribution in [-0.4, -0.2) is 37.4 Å². The van der Waals surface area contributed by atoms with Gasteiger partial charge in [-0.25, -0.2) is 0 Å². The summed E-state index contributed by atoms with van der Waals surface area (Å²) in [4.78, 5) is 25.3. The van der Waals surface area contributed by atoms with E-state index in [-0.39, 0.29) is 18.4 Å². The molecular formula is C20H24ClN3O2. The molecule has 0 bridgehead atoms. The molecule has 0 saturated carbocycles. The number of rotatable bonds is 7. The van der Waals surface area contributed by atoms with Crippen LogP contribution in [0.3, 0.4) is 0 Å². The first kappa shape index (κ1) is 19.8. The summed E-state index contributed by atoms with van der Waals surface area (Å²) in [5.41, 5.74) is 3.50. The summed E-state index contributed by atoms with van der Waals surface area (Å²) in [7, 11) is 3.51. The maximum Gasteiger partial charge on any atom is 0.243 e. The first-order chi connectivity index (χ1) is 12.4. The predicted molar refractivity (Wildman–Crippen MR) is 107 cm³/mol. The summed E-state index contributed by atoms with van der Waals surface area (Å²) in [6.45, 7) is 2.02. The molecule has 0 saturated heterocycles. The van der Waals surface area contributed by atoms with E-state index < -0.39 is 0 Å². The van der Waals surface area contributed by atoms with Crippen LogP contribution >= 0.6 is 11.6 Å². The highest BCUT2D eigenvalue weighted by Gasteiger charge is 2.07. The van der Waals surface area contributed by atoms with Gasteiger partial charge in [0, 0.05) is 36.9 Å². The van der Waals surface area contributed by atoms with Gasteiger partial charge in [-0.3, -0.25) is 9.59 Å². The van der Waals surface area contributed by atoms with E-state index in [1.54, 1.807) is 31.1 Å². The summed E-state index contributed by atoms with van der Waals surface area (Å²) in [6.07, 6.45) is 1.19. The highest BCUT2D eigenvalue weighted by Crippen LogP contribution is 2.22. The Kier molecular flexibility index (Phi) is 7.04. The molecular weight excluding hydrogens is 350 g/mol. The molecule has 2 rings (SSSR count). The van der Waals surface area contributed by atoms with Crippen LogP contribution in [0.15, 0.2) is 42.5 Å². The van der Waals surface area contributed by atoms with E-state index in [4.69, 9.17) is 11.6 Å². The van der Waals surface area contributed by atoms with Crippen LogP contribution in [0.5, 0.6) is 0 Å². The van der Waals surface area contributed by atoms with E-state index in [1.165, 1.54) is 0 Å². The van der Waals surface area contributed by atoms with Gasteiger partial charge in [-0.2, -0.15) is 0 Å². The van der Waals surface area contributed by atoms with Crippen LogP contribution in [0.2, 0.25) is 5.02 Å². The predicted octanol–water partition coefficient (Wildman–Crippen LogP) is 3.72. The van der Waals surface area contributed by atoms with Gasteiger partial charge in [-0.05, 0) is 48.7 Å². The van der Waals surface area contributed by atoms with Gasteiger partial charge in [0.05, 0.1) is 6.54 Å². The van der Waals surface area contributed by atoms with Crippen LogP contribution in [0.1, 0.15) is 17.5 Å². The molecule has 138 valence electrons. The largest absolute Gasteiger partial charge is 0.376 e. The highest BCUT2D eigenvalue weighted by molar-refractivity contribution is 6.31. The monoisotopic (exact) mass is 373 g/mol. The third-order valence-corrected chi connectivity index (χ3v) is 4.48. The number of hydrogen-bond acceptors (Lipinski definition) is 3. The highest BCUT2D eigenvalue weighted by atomic mass is 35.5. The Morgan fingerprint density at radius 3 is 2.42 bits per heavy atom. The molecule has 0 aliphatic rings. The quantitative estimate of drug-likeness (QED) is 0.777. The molecule has 0 atom stereocenters. The molecule has 0 aromatic heterocycles. The molecule has 0 radical (unpaired) electrons. The molecule has 0 unspecified atom stereocenters. The number of aryl methyl sites for hydroxylation is 1. The van der Waals surface area contributed by atoms with Gasteiger partial charge in [-0.1, -0.05) is 29.8 Å². The Balaban J connectivity index is 1.82. The SMILES string of the molecule is Cc1c(Cl)cccc1NC(=O)CNc1ccc(CCC(=O)N(C)C)cc1. The third-order valence-electron chi connectivity index (χ3n) is 4.08. The molecule has 2 amide bonds. The topological polar surface area (TPSA) is 61.4 Å². The van der Waals surface area contributed by atoms with Crippen LogP contribution in [-0.2, 0) is 16.0 Å². The molecule has 0 spiro atoms. The molecule has 0 fully saturated rings. The molecule has 0 heterocycles. The van der Waals surface area contributed by atoms with Gasteiger partial charge in [0.2, 0.25) is 11.8 Å². The van der Waals surface area contributed by atoms with Crippen LogP contribution < -0.4 is 10.6 Å². The normalized spacial score (nSPS) is 10.3. The van der Waals surface area contributed by atoms with E-state index in [9.17, 15) is 9.59 Å². The number of nitrogens with one attached hydrogen (secondary N) is 2. The van der Waals surface area contributed by atoms with Crippen molar-refractivity contribution in [3.63, 3.8) is 0 Å². The van der Waals surface area contributed by atoms with Gasteiger partial charge >= 0.3 is 0 Å². The first-order valence-electron chi connectivity index (χ1n) is 8.44. The van der Waals surface area contributed by atoms with E-state index in [1.807, 2.05) is 37.3 Å². The van der Waals surface area contributed by atoms with Crippen molar-refractivity contribution in [1.29, 1.82) is 0 Å². The first-order valence-corrected chi connectivity index (χ1v) is 8.82. The Bertz CT molecular complexity index is 773. The molecule has 2 aromatic carbocycles. The van der Waals surface area contributed by atoms with Crippen molar-refractivity contribution >= 4 is 34.8 Å². The van der Waals surface area contributed by atoms with Crippen molar-refractivity contribution in [2.75, 3.05) is 31.3 Å². The average Bonchev–Trinajstić information content (AvgIpc) is 2.62. The standard InChI is InChI=1S/C20H24ClN3O2/c1-14-17(21)5-4-6-18(14)23-19(25)13-22-16-10-7-15(8-11-16)9-12-20(26)24(2)3/h4-8,10-11,22H,9,12-13H2,1-3H3,(H,23,25). The van der Waals surface area contributed by atoms with Crippen molar-refractivity contribution < 1.29 is 9.59 Å². The zero-order chi connectivity index (χ0) is 19.1.